The maximum Gasteiger partial charge on any atom is 0.353 e. The summed E-state index contributed by atoms with van der Waals surface area (Å²) < 4.78 is 0. The highest BCUT2D eigenvalue weighted by atomic mass is 16.6. The van der Waals surface area contributed by atoms with Crippen molar-refractivity contribution in [2.45, 2.75) is 13.3 Å². The van der Waals surface area contributed by atoms with Gasteiger partial charge in [-0.2, -0.15) is 0 Å². The van der Waals surface area contributed by atoms with Gasteiger partial charge in [-0.05, 0) is 19.1 Å². The maximum atomic E-state index is 10.4. The second-order valence-corrected chi connectivity index (χ2v) is 3.93. The van der Waals surface area contributed by atoms with E-state index < -0.39 is 5.97 Å². The third-order valence-electron chi connectivity index (χ3n) is 2.44. The molecular formula is C13H18N2O3. The molecule has 0 amide bonds. The zero-order chi connectivity index (χ0) is 13.4. The quantitative estimate of drug-likeness (QED) is 0.456. The number of aliphatic carboxylic acids is 1. The Kier molecular flexibility index (Phi) is 5.70. The second-order valence-electron chi connectivity index (χ2n) is 3.93. The lowest BCUT2D eigenvalue weighted by molar-refractivity contribution is -0.129. The Labute approximate surface area is 107 Å². The number of hydrogen-bond acceptors (Lipinski definition) is 4. The number of para-hydroxylation sites is 1. The van der Waals surface area contributed by atoms with Gasteiger partial charge < -0.3 is 14.8 Å². The summed E-state index contributed by atoms with van der Waals surface area (Å²) in [6.45, 7) is 2.63. The molecule has 5 nitrogen and oxygen atoms in total. The van der Waals surface area contributed by atoms with Crippen molar-refractivity contribution in [1.29, 1.82) is 0 Å². The summed E-state index contributed by atoms with van der Waals surface area (Å²) in [5, 5.41) is 12.0. The topological polar surface area (TPSA) is 62.1 Å². The van der Waals surface area contributed by atoms with Gasteiger partial charge in [0.2, 0.25) is 0 Å². The van der Waals surface area contributed by atoms with E-state index in [2.05, 4.69) is 10.1 Å². The van der Waals surface area contributed by atoms with Crippen LogP contribution in [0.2, 0.25) is 0 Å². The van der Waals surface area contributed by atoms with Crippen molar-refractivity contribution in [3.8, 4) is 0 Å². The fraction of sp³-hybridized carbons (Fsp3) is 0.385. The smallest absolute Gasteiger partial charge is 0.353 e. The number of carboxylic acid groups (broad SMARTS) is 1. The summed E-state index contributed by atoms with van der Waals surface area (Å²) in [5.74, 6) is -1.06. The molecular weight excluding hydrogens is 232 g/mol. The first kappa shape index (κ1) is 14.0. The number of rotatable bonds is 7. The summed E-state index contributed by atoms with van der Waals surface area (Å²) in [7, 11) is 2.00. The van der Waals surface area contributed by atoms with Crippen LogP contribution in [-0.2, 0) is 9.63 Å². The average molecular weight is 250 g/mol. The third-order valence-corrected chi connectivity index (χ3v) is 2.44. The van der Waals surface area contributed by atoms with Crippen LogP contribution < -0.4 is 4.90 Å². The largest absolute Gasteiger partial charge is 0.477 e. The van der Waals surface area contributed by atoms with Gasteiger partial charge in [0, 0.05) is 25.7 Å². The van der Waals surface area contributed by atoms with E-state index in [1.807, 2.05) is 37.4 Å². The van der Waals surface area contributed by atoms with Crippen LogP contribution in [0.25, 0.3) is 0 Å². The van der Waals surface area contributed by atoms with Crippen molar-refractivity contribution in [2.24, 2.45) is 5.16 Å². The Morgan fingerprint density at radius 2 is 2.06 bits per heavy atom. The van der Waals surface area contributed by atoms with Crippen LogP contribution in [0.15, 0.2) is 35.5 Å². The van der Waals surface area contributed by atoms with Gasteiger partial charge in [-0.3, -0.25) is 0 Å². The van der Waals surface area contributed by atoms with E-state index in [-0.39, 0.29) is 5.71 Å². The Morgan fingerprint density at radius 3 is 2.67 bits per heavy atom. The van der Waals surface area contributed by atoms with Crippen molar-refractivity contribution in [2.75, 3.05) is 25.1 Å². The first-order valence-electron chi connectivity index (χ1n) is 5.77. The molecule has 98 valence electrons. The average Bonchev–Trinajstić information content (AvgIpc) is 2.38. The van der Waals surface area contributed by atoms with Crippen molar-refractivity contribution < 1.29 is 14.7 Å². The summed E-state index contributed by atoms with van der Waals surface area (Å²) in [5.41, 5.74) is 1.11. The Hall–Kier alpha value is -2.04. The van der Waals surface area contributed by atoms with E-state index in [1.54, 1.807) is 0 Å². The van der Waals surface area contributed by atoms with Crippen molar-refractivity contribution in [3.63, 3.8) is 0 Å². The van der Waals surface area contributed by atoms with Crippen LogP contribution in [0.3, 0.4) is 0 Å². The predicted octanol–water partition coefficient (Wildman–Crippen LogP) is 1.99. The minimum Gasteiger partial charge on any atom is -0.477 e. The molecule has 0 aliphatic heterocycles. The summed E-state index contributed by atoms with van der Waals surface area (Å²) in [6.07, 6.45) is 0.780. The maximum absolute atomic E-state index is 10.4. The fourth-order valence-corrected chi connectivity index (χ4v) is 1.36. The second kappa shape index (κ2) is 7.32. The molecule has 0 aliphatic carbocycles. The van der Waals surface area contributed by atoms with Crippen molar-refractivity contribution in [3.05, 3.63) is 30.3 Å². The van der Waals surface area contributed by atoms with E-state index in [9.17, 15) is 4.79 Å². The molecule has 0 spiro atoms. The molecule has 0 bridgehead atoms. The number of anilines is 1. The van der Waals surface area contributed by atoms with Gasteiger partial charge in [0.25, 0.3) is 0 Å². The molecule has 0 aromatic heterocycles. The van der Waals surface area contributed by atoms with Gasteiger partial charge in [-0.25, -0.2) is 4.79 Å². The molecule has 1 aromatic rings. The minimum atomic E-state index is -1.06. The molecule has 1 N–H and O–H groups in total. The number of benzene rings is 1. The molecule has 1 rings (SSSR count). The Morgan fingerprint density at radius 1 is 1.39 bits per heavy atom. The lowest BCUT2D eigenvalue weighted by atomic mass is 10.3. The van der Waals surface area contributed by atoms with Gasteiger partial charge in [0.1, 0.15) is 6.61 Å². The number of oxime groups is 1. The molecule has 0 aliphatic rings. The van der Waals surface area contributed by atoms with Crippen LogP contribution in [0.4, 0.5) is 5.69 Å². The van der Waals surface area contributed by atoms with E-state index in [1.165, 1.54) is 6.92 Å². The monoisotopic (exact) mass is 250 g/mol. The van der Waals surface area contributed by atoms with Crippen LogP contribution in [-0.4, -0.2) is 37.0 Å². The van der Waals surface area contributed by atoms with E-state index >= 15 is 0 Å². The van der Waals surface area contributed by atoms with E-state index in [4.69, 9.17) is 9.94 Å². The van der Waals surface area contributed by atoms with Gasteiger partial charge >= 0.3 is 5.97 Å². The summed E-state index contributed by atoms with van der Waals surface area (Å²) in [4.78, 5) is 17.5. The molecule has 5 heteroatoms. The van der Waals surface area contributed by atoms with Crippen LogP contribution in [0.5, 0.6) is 0 Å². The molecule has 0 heterocycles. The Balaban J connectivity index is 2.23. The highest BCUT2D eigenvalue weighted by Crippen LogP contribution is 2.10. The van der Waals surface area contributed by atoms with Gasteiger partial charge in [0.05, 0.1) is 0 Å². The molecule has 0 saturated heterocycles. The molecule has 18 heavy (non-hydrogen) atoms. The zero-order valence-electron chi connectivity index (χ0n) is 10.7. The molecule has 0 fully saturated rings. The first-order chi connectivity index (χ1) is 8.61. The van der Waals surface area contributed by atoms with E-state index in [0.717, 1.165) is 18.7 Å². The molecule has 1 aromatic carbocycles. The van der Waals surface area contributed by atoms with Crippen LogP contribution >= 0.6 is 0 Å². The highest BCUT2D eigenvalue weighted by Gasteiger charge is 2.02. The number of carboxylic acids is 1. The van der Waals surface area contributed by atoms with Gasteiger partial charge in [-0.1, -0.05) is 23.4 Å². The molecule has 0 radical (unpaired) electrons. The number of carbonyl (C=O) groups is 1. The predicted molar refractivity (Wildman–Crippen MR) is 71.0 cm³/mol. The number of nitrogens with zero attached hydrogens (tertiary/aromatic N) is 2. The van der Waals surface area contributed by atoms with Crippen LogP contribution in [0, 0.1) is 0 Å². The van der Waals surface area contributed by atoms with Crippen molar-refractivity contribution >= 4 is 17.4 Å². The van der Waals surface area contributed by atoms with Gasteiger partial charge in [0.15, 0.2) is 5.71 Å². The summed E-state index contributed by atoms with van der Waals surface area (Å²) in [6, 6.07) is 10.0. The SMILES string of the molecule is C/C(=N/OCCCN(C)c1ccccc1)C(=O)O. The highest BCUT2D eigenvalue weighted by molar-refractivity contribution is 6.34. The normalized spacial score (nSPS) is 11.1. The fourth-order valence-electron chi connectivity index (χ4n) is 1.36. The zero-order valence-corrected chi connectivity index (χ0v) is 10.7. The van der Waals surface area contributed by atoms with Crippen molar-refractivity contribution in [1.82, 2.24) is 0 Å². The Bertz CT molecular complexity index is 404. The van der Waals surface area contributed by atoms with Gasteiger partial charge in [-0.15, -0.1) is 0 Å². The molecule has 0 saturated carbocycles. The first-order valence-corrected chi connectivity index (χ1v) is 5.77. The molecule has 0 unspecified atom stereocenters. The van der Waals surface area contributed by atoms with Crippen LogP contribution in [0.1, 0.15) is 13.3 Å². The third kappa shape index (κ3) is 4.86. The number of hydrogen-bond donors (Lipinski definition) is 1. The minimum absolute atomic E-state index is 0.0357. The van der Waals surface area contributed by atoms with E-state index in [0.29, 0.717) is 6.61 Å². The lowest BCUT2D eigenvalue weighted by Crippen LogP contribution is -2.19. The lowest BCUT2D eigenvalue weighted by Gasteiger charge is -2.18. The summed E-state index contributed by atoms with van der Waals surface area (Å²) >= 11 is 0. The standard InChI is InChI=1S/C13H18N2O3/c1-11(13(16)17)14-18-10-6-9-15(2)12-7-4-3-5-8-12/h3-5,7-8H,6,9-10H2,1-2H3,(H,16,17)/b14-11-. The molecule has 0 atom stereocenters.